The minimum Gasteiger partial charge on any atom is -0.474 e. The lowest BCUT2D eigenvalue weighted by molar-refractivity contribution is -0.299. The third-order valence-electron chi connectivity index (χ3n) is 7.04. The first-order valence-corrected chi connectivity index (χ1v) is 15.8. The smallest absolute Gasteiger partial charge is 0.426 e. The first-order valence-electron chi connectivity index (χ1n) is 15.8. The molecular weight excluding hydrogens is 690 g/mol. The van der Waals surface area contributed by atoms with Gasteiger partial charge in [0.05, 0.1) is 12.3 Å². The van der Waals surface area contributed by atoms with Crippen LogP contribution in [0.15, 0.2) is 53.0 Å². The minimum atomic E-state index is -5.18. The Morgan fingerprint density at radius 2 is 1.53 bits per heavy atom. The molecule has 278 valence electrons. The predicted octanol–water partition coefficient (Wildman–Crippen LogP) is 9.31. The number of allylic oxidation sites excluding steroid dienone is 1. The fraction of sp³-hybridized carbons (Fsp3) is 0.500. The number of rotatable bonds is 4. The van der Waals surface area contributed by atoms with Crippen LogP contribution in [-0.2, 0) is 32.6 Å². The Morgan fingerprint density at radius 1 is 0.922 bits per heavy atom. The second-order valence-electron chi connectivity index (χ2n) is 13.7. The van der Waals surface area contributed by atoms with Crippen LogP contribution in [0, 0.1) is 0 Å². The zero-order chi connectivity index (χ0) is 38.0. The average molecular weight is 729 g/mol. The molecule has 1 aromatic carbocycles. The summed E-state index contributed by atoms with van der Waals surface area (Å²) in [5.74, 6) is -3.03. The molecule has 0 radical (unpaired) electrons. The summed E-state index contributed by atoms with van der Waals surface area (Å²) in [5.41, 5.74) is -8.67. The van der Waals surface area contributed by atoms with Crippen LogP contribution in [0.2, 0.25) is 0 Å². The maximum Gasteiger partial charge on any atom is 0.426 e. The average Bonchev–Trinajstić information content (AvgIpc) is 3.46. The first kappa shape index (κ1) is 39.1. The lowest BCUT2D eigenvalue weighted by Gasteiger charge is -2.32. The lowest BCUT2D eigenvalue weighted by atomic mass is 9.95. The summed E-state index contributed by atoms with van der Waals surface area (Å²) in [7, 11) is 0. The van der Waals surface area contributed by atoms with Gasteiger partial charge in [0.25, 0.3) is 11.8 Å². The molecule has 4 rings (SSSR count). The third-order valence-corrected chi connectivity index (χ3v) is 7.04. The van der Waals surface area contributed by atoms with Gasteiger partial charge in [0.1, 0.15) is 22.9 Å². The van der Waals surface area contributed by atoms with E-state index in [2.05, 4.69) is 15.2 Å². The SMILES string of the molecule is C[C@@H]1CC=CCC[C@](OCc2ccccc2)(C(F)(F)F)c2nnc(o2)-c2nc(c(C(F)(F)F)cc2N(C(=O)OC(C)(C)C)C(=O)OC(C)(C)C)O1. The number of amides is 2. The number of imide groups is 1. The molecule has 3 heterocycles. The van der Waals surface area contributed by atoms with Crippen molar-refractivity contribution in [1.82, 2.24) is 15.2 Å². The molecule has 0 saturated carbocycles. The fourth-order valence-corrected chi connectivity index (χ4v) is 4.77. The van der Waals surface area contributed by atoms with Crippen LogP contribution in [0.4, 0.5) is 41.6 Å². The van der Waals surface area contributed by atoms with Crippen LogP contribution in [0.1, 0.15) is 84.7 Å². The molecule has 1 aliphatic rings. The van der Waals surface area contributed by atoms with Gasteiger partial charge in [0.2, 0.25) is 11.5 Å². The van der Waals surface area contributed by atoms with Crippen LogP contribution >= 0.6 is 0 Å². The van der Waals surface area contributed by atoms with Crippen molar-refractivity contribution >= 4 is 17.9 Å². The van der Waals surface area contributed by atoms with Gasteiger partial charge in [-0.2, -0.15) is 31.2 Å². The zero-order valence-corrected chi connectivity index (χ0v) is 28.9. The van der Waals surface area contributed by atoms with E-state index in [1.807, 2.05) is 0 Å². The number of alkyl halides is 6. The maximum atomic E-state index is 15.2. The van der Waals surface area contributed by atoms with Crippen molar-refractivity contribution in [2.24, 2.45) is 0 Å². The van der Waals surface area contributed by atoms with Crippen molar-refractivity contribution in [2.45, 2.75) is 110 Å². The number of ether oxygens (including phenoxy) is 4. The number of nitrogens with zero attached hydrogens (tertiary/aromatic N) is 4. The van der Waals surface area contributed by atoms with Gasteiger partial charge >= 0.3 is 24.5 Å². The van der Waals surface area contributed by atoms with Gasteiger partial charge in [-0.25, -0.2) is 14.6 Å². The molecule has 2 aromatic heterocycles. The first-order chi connectivity index (χ1) is 23.5. The predicted molar refractivity (Wildman–Crippen MR) is 170 cm³/mol. The van der Waals surface area contributed by atoms with Crippen LogP contribution in [0.25, 0.3) is 11.6 Å². The molecule has 0 fully saturated rings. The van der Waals surface area contributed by atoms with E-state index in [-0.39, 0.29) is 17.7 Å². The van der Waals surface area contributed by atoms with Crippen molar-refractivity contribution in [2.75, 3.05) is 4.90 Å². The Morgan fingerprint density at radius 3 is 2.08 bits per heavy atom. The second-order valence-corrected chi connectivity index (χ2v) is 13.7. The van der Waals surface area contributed by atoms with Crippen molar-refractivity contribution in [3.8, 4) is 17.5 Å². The van der Waals surface area contributed by atoms with E-state index >= 15 is 13.2 Å². The molecule has 0 unspecified atom stereocenters. The Labute approximate surface area is 289 Å². The number of fused-ring (bicyclic) bond motifs is 5. The number of pyridine rings is 1. The highest BCUT2D eigenvalue weighted by Crippen LogP contribution is 2.48. The van der Waals surface area contributed by atoms with Crippen molar-refractivity contribution in [3.05, 3.63) is 65.6 Å². The van der Waals surface area contributed by atoms with Gasteiger partial charge in [-0.15, -0.1) is 10.2 Å². The monoisotopic (exact) mass is 728 g/mol. The molecule has 2 amide bonds. The van der Waals surface area contributed by atoms with Crippen LogP contribution < -0.4 is 9.64 Å². The zero-order valence-electron chi connectivity index (χ0n) is 28.9. The summed E-state index contributed by atoms with van der Waals surface area (Å²) < 4.78 is 117. The highest BCUT2D eigenvalue weighted by Gasteiger charge is 2.61. The summed E-state index contributed by atoms with van der Waals surface area (Å²) in [5, 5.41) is 7.37. The number of carbonyl (C=O) groups excluding carboxylic acids is 2. The van der Waals surface area contributed by atoms with Gasteiger partial charge in [-0.1, -0.05) is 42.5 Å². The Bertz CT molecular complexity index is 1700. The van der Waals surface area contributed by atoms with E-state index in [1.165, 1.54) is 60.6 Å². The van der Waals surface area contributed by atoms with E-state index in [1.54, 1.807) is 30.3 Å². The highest BCUT2D eigenvalue weighted by atomic mass is 19.4. The molecular formula is C34H38F6N4O7. The number of aromatic nitrogens is 3. The number of halogens is 6. The molecule has 1 aliphatic heterocycles. The van der Waals surface area contributed by atoms with Gasteiger partial charge in [-0.05, 0) is 72.9 Å². The summed E-state index contributed by atoms with van der Waals surface area (Å²) >= 11 is 0. The summed E-state index contributed by atoms with van der Waals surface area (Å²) in [4.78, 5) is 31.2. The minimum absolute atomic E-state index is 0.0275. The number of benzene rings is 1. The number of carbonyl (C=O) groups is 2. The number of hydrogen-bond donors (Lipinski definition) is 0. The molecule has 51 heavy (non-hydrogen) atoms. The largest absolute Gasteiger partial charge is 0.474 e. The molecule has 11 nitrogen and oxygen atoms in total. The fourth-order valence-electron chi connectivity index (χ4n) is 4.77. The lowest BCUT2D eigenvalue weighted by Crippen LogP contribution is -2.45. The van der Waals surface area contributed by atoms with E-state index in [4.69, 9.17) is 23.4 Å². The van der Waals surface area contributed by atoms with E-state index in [0.717, 1.165) is 0 Å². The molecule has 17 heteroatoms. The molecule has 4 bridgehead atoms. The van der Waals surface area contributed by atoms with E-state index in [9.17, 15) is 22.8 Å². The van der Waals surface area contributed by atoms with E-state index in [0.29, 0.717) is 11.6 Å². The molecule has 0 aliphatic carbocycles. The summed E-state index contributed by atoms with van der Waals surface area (Å²) in [6.07, 6.45) is -12.5. The quantitative estimate of drug-likeness (QED) is 0.190. The topological polar surface area (TPSA) is 126 Å². The second kappa shape index (κ2) is 14.5. The van der Waals surface area contributed by atoms with Crippen LogP contribution in [0.5, 0.6) is 5.88 Å². The van der Waals surface area contributed by atoms with Crippen molar-refractivity contribution in [1.29, 1.82) is 0 Å². The van der Waals surface area contributed by atoms with Crippen LogP contribution in [0.3, 0.4) is 0 Å². The normalized spacial score (nSPS) is 18.7. The Kier molecular flexibility index (Phi) is 11.1. The summed E-state index contributed by atoms with van der Waals surface area (Å²) in [6.45, 7) is 9.51. The molecule has 0 N–H and O–H groups in total. The van der Waals surface area contributed by atoms with Crippen LogP contribution in [-0.4, -0.2) is 50.9 Å². The highest BCUT2D eigenvalue weighted by molar-refractivity contribution is 6.11. The van der Waals surface area contributed by atoms with Gasteiger partial charge in [0.15, 0.2) is 5.69 Å². The number of hydrogen-bond acceptors (Lipinski definition) is 10. The Hall–Kier alpha value is -4.67. The van der Waals surface area contributed by atoms with E-state index < -0.39 is 95.1 Å². The molecule has 0 spiro atoms. The van der Waals surface area contributed by atoms with Crippen molar-refractivity contribution in [3.63, 3.8) is 0 Å². The van der Waals surface area contributed by atoms with Gasteiger partial charge in [-0.3, -0.25) is 0 Å². The van der Waals surface area contributed by atoms with Gasteiger partial charge < -0.3 is 23.4 Å². The maximum absolute atomic E-state index is 15.2. The molecule has 2 atom stereocenters. The van der Waals surface area contributed by atoms with Gasteiger partial charge in [0, 0.05) is 6.42 Å². The summed E-state index contributed by atoms with van der Waals surface area (Å²) in [6, 6.07) is 8.35. The Balaban J connectivity index is 2.04. The molecule has 3 aromatic rings. The standard InChI is InChI=1S/C34H38F6N4O7/c1-20-14-10-9-13-17-32(34(38,39)40,47-19-21-15-11-8-12-16-21)27-43-42-26(49-27)24-23(18-22(33(35,36)37)25(41-24)48-20)44(28(45)50-30(2,3)4)29(46)51-31(5,6)7/h8-12,15-16,18,20H,13-14,17,19H2,1-7H3/t20-,32-/m1/s1. The third kappa shape index (κ3) is 9.56. The molecule has 0 saturated heterocycles. The van der Waals surface area contributed by atoms with Crippen molar-refractivity contribution < 1.29 is 59.3 Å². The number of anilines is 1.